The second-order valence-corrected chi connectivity index (χ2v) is 9.56. The molecule has 1 N–H and O–H groups in total. The van der Waals surface area contributed by atoms with Crippen molar-refractivity contribution in [3.8, 4) is 11.3 Å². The Morgan fingerprint density at radius 1 is 1.12 bits per heavy atom. The van der Waals surface area contributed by atoms with Gasteiger partial charge in [-0.3, -0.25) is 9.69 Å². The van der Waals surface area contributed by atoms with Crippen molar-refractivity contribution in [3.63, 3.8) is 0 Å². The Morgan fingerprint density at radius 3 is 2.44 bits per heavy atom. The van der Waals surface area contributed by atoms with Crippen LogP contribution in [0.2, 0.25) is 0 Å². The Balaban J connectivity index is 1.21. The number of rotatable bonds is 5. The molecule has 0 aliphatic carbocycles. The lowest BCUT2D eigenvalue weighted by atomic mass is 10.1. The molecule has 2 saturated heterocycles. The minimum absolute atomic E-state index is 0.0463. The Kier molecular flexibility index (Phi) is 6.92. The van der Waals surface area contributed by atoms with Gasteiger partial charge >= 0.3 is 6.09 Å². The minimum Gasteiger partial charge on any atom is -0.444 e. The van der Waals surface area contributed by atoms with Crippen molar-refractivity contribution in [2.24, 2.45) is 0 Å². The van der Waals surface area contributed by atoms with Gasteiger partial charge in [0.1, 0.15) is 11.4 Å². The lowest BCUT2D eigenvalue weighted by molar-refractivity contribution is -0.124. The number of aromatic nitrogens is 3. The van der Waals surface area contributed by atoms with Crippen molar-refractivity contribution < 1.29 is 18.7 Å². The highest BCUT2D eigenvalue weighted by Gasteiger charge is 2.34. The monoisotopic (exact) mass is 471 g/mol. The summed E-state index contributed by atoms with van der Waals surface area (Å²) in [7, 11) is 0. The third-order valence-corrected chi connectivity index (χ3v) is 5.61. The highest BCUT2D eigenvalue weighted by atomic mass is 19.1. The molecule has 2 aliphatic rings. The van der Waals surface area contributed by atoms with Crippen LogP contribution in [0, 0.1) is 5.82 Å². The number of benzene rings is 1. The van der Waals surface area contributed by atoms with Crippen LogP contribution < -0.4 is 10.2 Å². The van der Waals surface area contributed by atoms with Gasteiger partial charge in [-0.2, -0.15) is 5.10 Å². The van der Waals surface area contributed by atoms with Crippen LogP contribution in [-0.2, 0) is 9.53 Å². The maximum atomic E-state index is 13.2. The molecule has 0 radical (unpaired) electrons. The summed E-state index contributed by atoms with van der Waals surface area (Å²) in [4.78, 5) is 34.7. The standard InChI is InChI=1S/C23H30FN7O3/c1-23(2,3)34-22(33)31-13-18(14-31)26-20(32)15-29-8-10-30(11-9-29)21-27-19(12-25-28-21)16-4-6-17(24)7-5-16/h4-7,12,18H,8-11,13-15H2,1-3H3,(H,26,32). The molecule has 2 fully saturated rings. The summed E-state index contributed by atoms with van der Waals surface area (Å²) in [6.07, 6.45) is 1.20. The number of nitrogens with zero attached hydrogens (tertiary/aromatic N) is 6. The van der Waals surface area contributed by atoms with Gasteiger partial charge in [-0.25, -0.2) is 14.2 Å². The lowest BCUT2D eigenvalue weighted by Gasteiger charge is -2.40. The summed E-state index contributed by atoms with van der Waals surface area (Å²) in [5.41, 5.74) is 0.874. The van der Waals surface area contributed by atoms with Gasteiger partial charge in [0.15, 0.2) is 0 Å². The highest BCUT2D eigenvalue weighted by Crippen LogP contribution is 2.19. The van der Waals surface area contributed by atoms with Crippen molar-refractivity contribution >= 4 is 17.9 Å². The SMILES string of the molecule is CC(C)(C)OC(=O)N1CC(NC(=O)CN2CCN(c3nncc(-c4ccc(F)cc4)n3)CC2)C1. The first-order valence-corrected chi connectivity index (χ1v) is 11.4. The zero-order valence-electron chi connectivity index (χ0n) is 19.7. The largest absolute Gasteiger partial charge is 0.444 e. The van der Waals surface area contributed by atoms with Gasteiger partial charge in [-0.15, -0.1) is 5.10 Å². The smallest absolute Gasteiger partial charge is 0.410 e. The maximum absolute atomic E-state index is 13.2. The molecule has 1 aromatic heterocycles. The molecular weight excluding hydrogens is 441 g/mol. The second kappa shape index (κ2) is 9.88. The summed E-state index contributed by atoms with van der Waals surface area (Å²) < 4.78 is 18.5. The fraction of sp³-hybridized carbons (Fsp3) is 0.522. The van der Waals surface area contributed by atoms with Crippen LogP contribution >= 0.6 is 0 Å². The van der Waals surface area contributed by atoms with Gasteiger partial charge in [0.05, 0.1) is 24.5 Å². The van der Waals surface area contributed by atoms with Crippen molar-refractivity contribution in [3.05, 3.63) is 36.3 Å². The third-order valence-electron chi connectivity index (χ3n) is 5.61. The number of amides is 2. The van der Waals surface area contributed by atoms with Gasteiger partial charge in [-0.1, -0.05) is 0 Å². The first-order chi connectivity index (χ1) is 16.2. The first kappa shape index (κ1) is 23.8. The maximum Gasteiger partial charge on any atom is 0.410 e. The molecule has 4 rings (SSSR count). The van der Waals surface area contributed by atoms with Gasteiger partial charge < -0.3 is 19.9 Å². The molecule has 182 valence electrons. The number of carbonyl (C=O) groups excluding carboxylic acids is 2. The van der Waals surface area contributed by atoms with E-state index < -0.39 is 5.60 Å². The molecular formula is C23H30FN7O3. The van der Waals surface area contributed by atoms with E-state index in [0.717, 1.165) is 5.56 Å². The molecule has 0 spiro atoms. The number of likely N-dealkylation sites (tertiary alicyclic amines) is 1. The average Bonchev–Trinajstić information content (AvgIpc) is 2.76. The van der Waals surface area contributed by atoms with E-state index in [-0.39, 0.29) is 23.9 Å². The van der Waals surface area contributed by atoms with Gasteiger partial charge in [0.2, 0.25) is 11.9 Å². The van der Waals surface area contributed by atoms with Crippen LogP contribution in [0.3, 0.4) is 0 Å². The van der Waals surface area contributed by atoms with E-state index in [1.165, 1.54) is 12.1 Å². The number of piperazine rings is 1. The van der Waals surface area contributed by atoms with Crippen molar-refractivity contribution in [1.29, 1.82) is 0 Å². The molecule has 0 unspecified atom stereocenters. The van der Waals surface area contributed by atoms with Crippen LogP contribution in [0.4, 0.5) is 15.1 Å². The van der Waals surface area contributed by atoms with Gasteiger partial charge in [0.25, 0.3) is 0 Å². The zero-order valence-corrected chi connectivity index (χ0v) is 19.7. The number of nitrogens with one attached hydrogen (secondary N) is 1. The number of ether oxygens (including phenoxy) is 1. The summed E-state index contributed by atoms with van der Waals surface area (Å²) in [5, 5.41) is 11.2. The number of halogens is 1. The molecule has 11 heteroatoms. The van der Waals surface area contributed by atoms with Crippen LogP contribution in [0.15, 0.2) is 30.5 Å². The number of anilines is 1. The number of carbonyl (C=O) groups is 2. The molecule has 10 nitrogen and oxygen atoms in total. The summed E-state index contributed by atoms with van der Waals surface area (Å²) in [5.74, 6) is 0.157. The van der Waals surface area contributed by atoms with E-state index in [1.54, 1.807) is 23.2 Å². The van der Waals surface area contributed by atoms with Crippen LogP contribution in [0.1, 0.15) is 20.8 Å². The van der Waals surface area contributed by atoms with Gasteiger partial charge in [0, 0.05) is 44.8 Å². The number of hydrogen-bond acceptors (Lipinski definition) is 8. The molecule has 2 amide bonds. The summed E-state index contributed by atoms with van der Waals surface area (Å²) in [6.45, 7) is 9.41. The van der Waals surface area contributed by atoms with E-state index in [4.69, 9.17) is 4.74 Å². The Labute approximate surface area is 198 Å². The molecule has 3 heterocycles. The molecule has 0 bridgehead atoms. The molecule has 2 aromatic rings. The van der Waals surface area contributed by atoms with E-state index in [9.17, 15) is 14.0 Å². The predicted octanol–water partition coefficient (Wildman–Crippen LogP) is 1.54. The first-order valence-electron chi connectivity index (χ1n) is 11.4. The lowest BCUT2D eigenvalue weighted by Crippen LogP contribution is -2.62. The zero-order chi connectivity index (χ0) is 24.3. The average molecular weight is 472 g/mol. The molecule has 0 atom stereocenters. The minimum atomic E-state index is -0.531. The van der Waals surface area contributed by atoms with Crippen molar-refractivity contribution in [2.45, 2.75) is 32.4 Å². The Hall–Kier alpha value is -3.34. The van der Waals surface area contributed by atoms with E-state index in [0.29, 0.717) is 57.5 Å². The van der Waals surface area contributed by atoms with Crippen molar-refractivity contribution in [2.75, 3.05) is 50.7 Å². The van der Waals surface area contributed by atoms with E-state index in [1.807, 2.05) is 25.7 Å². The Bertz CT molecular complexity index is 1010. The quantitative estimate of drug-likeness (QED) is 0.700. The fourth-order valence-corrected chi connectivity index (χ4v) is 3.82. The Morgan fingerprint density at radius 2 is 1.79 bits per heavy atom. The van der Waals surface area contributed by atoms with Crippen LogP contribution in [0.5, 0.6) is 0 Å². The molecule has 2 aliphatic heterocycles. The summed E-state index contributed by atoms with van der Waals surface area (Å²) in [6, 6.07) is 6.05. The fourth-order valence-electron chi connectivity index (χ4n) is 3.82. The molecule has 1 aromatic carbocycles. The van der Waals surface area contributed by atoms with Crippen LogP contribution in [-0.4, -0.2) is 94.4 Å². The third kappa shape index (κ3) is 6.16. The highest BCUT2D eigenvalue weighted by molar-refractivity contribution is 5.79. The van der Waals surface area contributed by atoms with Crippen LogP contribution in [0.25, 0.3) is 11.3 Å². The normalized spacial score (nSPS) is 17.3. The molecule has 0 saturated carbocycles. The van der Waals surface area contributed by atoms with Gasteiger partial charge in [-0.05, 0) is 45.0 Å². The second-order valence-electron chi connectivity index (χ2n) is 9.56. The van der Waals surface area contributed by atoms with E-state index in [2.05, 4.69) is 25.4 Å². The topological polar surface area (TPSA) is 104 Å². The number of hydrogen-bond donors (Lipinski definition) is 1. The van der Waals surface area contributed by atoms with Crippen molar-refractivity contribution in [1.82, 2.24) is 30.3 Å². The molecule has 34 heavy (non-hydrogen) atoms. The summed E-state index contributed by atoms with van der Waals surface area (Å²) >= 11 is 0. The van der Waals surface area contributed by atoms with E-state index >= 15 is 0 Å². The predicted molar refractivity (Wildman–Crippen MR) is 124 cm³/mol.